The Balaban J connectivity index is 1.69. The van der Waals surface area contributed by atoms with Crippen molar-refractivity contribution in [1.82, 2.24) is 9.80 Å². The summed E-state index contributed by atoms with van der Waals surface area (Å²) in [5.41, 5.74) is 1.27. The molecule has 0 bridgehead atoms. The number of nitrogens with zero attached hydrogens (tertiary/aromatic N) is 2. The van der Waals surface area contributed by atoms with E-state index in [1.165, 1.54) is 0 Å². The van der Waals surface area contributed by atoms with Gasteiger partial charge in [0.05, 0.1) is 37.0 Å². The first-order valence-corrected chi connectivity index (χ1v) is 12.9. The van der Waals surface area contributed by atoms with Gasteiger partial charge >= 0.3 is 0 Å². The Kier molecular flexibility index (Phi) is 8.51. The lowest BCUT2D eigenvalue weighted by Gasteiger charge is -2.31. The van der Waals surface area contributed by atoms with Gasteiger partial charge in [-0.2, -0.15) is 0 Å². The van der Waals surface area contributed by atoms with E-state index in [-0.39, 0.29) is 23.5 Å². The van der Waals surface area contributed by atoms with Crippen molar-refractivity contribution in [3.8, 4) is 11.5 Å². The summed E-state index contributed by atoms with van der Waals surface area (Å²) in [5, 5.41) is 11.3. The molecule has 2 heterocycles. The van der Waals surface area contributed by atoms with Crippen LogP contribution in [0.1, 0.15) is 44.9 Å². The Labute approximate surface area is 218 Å². The molecule has 0 unspecified atom stereocenters. The van der Waals surface area contributed by atoms with Crippen LogP contribution in [0, 0.1) is 0 Å². The molecule has 37 heavy (non-hydrogen) atoms. The highest BCUT2D eigenvalue weighted by molar-refractivity contribution is 6.46. The van der Waals surface area contributed by atoms with Crippen LogP contribution in [0.15, 0.2) is 54.1 Å². The van der Waals surface area contributed by atoms with Gasteiger partial charge in [0, 0.05) is 31.7 Å². The quantitative estimate of drug-likeness (QED) is 0.311. The lowest BCUT2D eigenvalue weighted by molar-refractivity contribution is -0.140. The summed E-state index contributed by atoms with van der Waals surface area (Å²) in [6.07, 6.45) is 0.0338. The Morgan fingerprint density at radius 3 is 1.97 bits per heavy atom. The summed E-state index contributed by atoms with van der Waals surface area (Å²) in [5.74, 6) is -0.132. The van der Waals surface area contributed by atoms with Crippen LogP contribution in [0.2, 0.25) is 0 Å². The molecule has 0 spiro atoms. The minimum absolute atomic E-state index is 0.0129. The summed E-state index contributed by atoms with van der Waals surface area (Å²) in [4.78, 5) is 30.3. The number of morpholine rings is 1. The molecule has 8 nitrogen and oxygen atoms in total. The number of rotatable bonds is 9. The van der Waals surface area contributed by atoms with Crippen LogP contribution >= 0.6 is 0 Å². The molecule has 1 atom stereocenters. The highest BCUT2D eigenvalue weighted by Crippen LogP contribution is 2.40. The van der Waals surface area contributed by atoms with E-state index < -0.39 is 17.7 Å². The van der Waals surface area contributed by atoms with Gasteiger partial charge in [0.25, 0.3) is 11.7 Å². The number of aliphatic hydroxyl groups excluding tert-OH is 1. The Morgan fingerprint density at radius 2 is 1.43 bits per heavy atom. The molecule has 0 aliphatic carbocycles. The summed E-state index contributed by atoms with van der Waals surface area (Å²) >= 11 is 0. The second-order valence-electron chi connectivity index (χ2n) is 9.87. The third-order valence-electron chi connectivity index (χ3n) is 6.37. The van der Waals surface area contributed by atoms with Gasteiger partial charge in [-0.15, -0.1) is 0 Å². The Bertz CT molecular complexity index is 1120. The fourth-order valence-electron chi connectivity index (χ4n) is 4.65. The third-order valence-corrected chi connectivity index (χ3v) is 6.37. The van der Waals surface area contributed by atoms with Gasteiger partial charge < -0.3 is 24.2 Å². The summed E-state index contributed by atoms with van der Waals surface area (Å²) in [6, 6.07) is 13.5. The zero-order chi connectivity index (χ0) is 26.5. The topological polar surface area (TPSA) is 88.5 Å². The number of hydrogen-bond donors (Lipinski definition) is 1. The number of ketones is 1. The minimum atomic E-state index is -0.708. The maximum atomic E-state index is 13.3. The van der Waals surface area contributed by atoms with E-state index in [9.17, 15) is 14.7 Å². The first-order valence-electron chi connectivity index (χ1n) is 12.9. The van der Waals surface area contributed by atoms with Crippen LogP contribution in [-0.4, -0.2) is 78.2 Å². The second kappa shape index (κ2) is 11.8. The standard InChI is InChI=1S/C29H36N2O6/c1-19(2)36-23-9-5-21(6-10-23)26-25(27(32)22-7-11-24(12-8-22)37-20(3)4)28(33)29(34)31(26)14-13-30-15-17-35-18-16-30/h5-12,19-20,26,32H,13-18H2,1-4H3/t26-/m1/s1. The molecule has 2 aromatic carbocycles. The predicted molar refractivity (Wildman–Crippen MR) is 141 cm³/mol. The van der Waals surface area contributed by atoms with Crippen molar-refractivity contribution >= 4 is 17.4 Å². The van der Waals surface area contributed by atoms with Gasteiger partial charge in [-0.25, -0.2) is 0 Å². The van der Waals surface area contributed by atoms with E-state index in [0.29, 0.717) is 43.4 Å². The van der Waals surface area contributed by atoms with Crippen molar-refractivity contribution in [3.05, 3.63) is 65.2 Å². The van der Waals surface area contributed by atoms with Crippen molar-refractivity contribution in [1.29, 1.82) is 0 Å². The number of benzene rings is 2. The largest absolute Gasteiger partial charge is 0.507 e. The van der Waals surface area contributed by atoms with E-state index in [4.69, 9.17) is 14.2 Å². The maximum absolute atomic E-state index is 13.3. The molecule has 0 saturated carbocycles. The molecule has 2 aromatic rings. The number of carbonyl (C=O) groups excluding carboxylic acids is 2. The highest BCUT2D eigenvalue weighted by atomic mass is 16.5. The van der Waals surface area contributed by atoms with Gasteiger partial charge in [-0.3, -0.25) is 14.5 Å². The molecular formula is C29H36N2O6. The average molecular weight is 509 g/mol. The number of carbonyl (C=O) groups is 2. The van der Waals surface area contributed by atoms with Crippen LogP contribution < -0.4 is 9.47 Å². The first kappa shape index (κ1) is 26.7. The van der Waals surface area contributed by atoms with Crippen molar-refractivity contribution in [3.63, 3.8) is 0 Å². The van der Waals surface area contributed by atoms with E-state index >= 15 is 0 Å². The van der Waals surface area contributed by atoms with Gasteiger partial charge in [-0.1, -0.05) is 12.1 Å². The van der Waals surface area contributed by atoms with E-state index in [1.807, 2.05) is 52.0 Å². The van der Waals surface area contributed by atoms with Gasteiger partial charge in [0.1, 0.15) is 17.3 Å². The fraction of sp³-hybridized carbons (Fsp3) is 0.448. The fourth-order valence-corrected chi connectivity index (χ4v) is 4.65. The number of amides is 1. The number of aliphatic hydroxyl groups is 1. The molecular weight excluding hydrogens is 472 g/mol. The highest BCUT2D eigenvalue weighted by Gasteiger charge is 2.46. The zero-order valence-corrected chi connectivity index (χ0v) is 22.0. The monoisotopic (exact) mass is 508 g/mol. The van der Waals surface area contributed by atoms with Gasteiger partial charge in [-0.05, 0) is 69.7 Å². The molecule has 1 N–H and O–H groups in total. The normalized spacial score (nSPS) is 20.2. The Morgan fingerprint density at radius 1 is 0.892 bits per heavy atom. The SMILES string of the molecule is CC(C)Oc1ccc(C(O)=C2C(=O)C(=O)N(CCN3CCOCC3)[C@@H]2c2ccc(OC(C)C)cc2)cc1. The molecule has 198 valence electrons. The number of Topliss-reactive ketones (excluding diaryl/α,β-unsaturated/α-hetero) is 1. The molecule has 2 fully saturated rings. The van der Waals surface area contributed by atoms with E-state index in [1.54, 1.807) is 29.2 Å². The van der Waals surface area contributed by atoms with Gasteiger partial charge in [0.15, 0.2) is 0 Å². The molecule has 2 saturated heterocycles. The van der Waals surface area contributed by atoms with Crippen molar-refractivity contribution in [2.75, 3.05) is 39.4 Å². The van der Waals surface area contributed by atoms with Crippen LogP contribution in [-0.2, 0) is 14.3 Å². The molecule has 2 aliphatic rings. The van der Waals surface area contributed by atoms with Crippen LogP contribution in [0.4, 0.5) is 0 Å². The lowest BCUT2D eigenvalue weighted by atomic mass is 9.95. The van der Waals surface area contributed by atoms with Crippen LogP contribution in [0.3, 0.4) is 0 Å². The average Bonchev–Trinajstić information content (AvgIpc) is 3.13. The second-order valence-corrected chi connectivity index (χ2v) is 9.87. The molecule has 0 aromatic heterocycles. The number of hydrogen-bond acceptors (Lipinski definition) is 7. The molecule has 4 rings (SSSR count). The van der Waals surface area contributed by atoms with Crippen molar-refractivity contribution in [2.24, 2.45) is 0 Å². The van der Waals surface area contributed by atoms with Crippen LogP contribution in [0.5, 0.6) is 11.5 Å². The zero-order valence-electron chi connectivity index (χ0n) is 22.0. The molecule has 8 heteroatoms. The molecule has 0 radical (unpaired) electrons. The summed E-state index contributed by atoms with van der Waals surface area (Å²) < 4.78 is 16.9. The molecule has 2 aliphatic heterocycles. The lowest BCUT2D eigenvalue weighted by Crippen LogP contribution is -2.42. The summed E-state index contributed by atoms with van der Waals surface area (Å²) in [7, 11) is 0. The molecule has 1 amide bonds. The van der Waals surface area contributed by atoms with E-state index in [2.05, 4.69) is 4.90 Å². The van der Waals surface area contributed by atoms with Crippen molar-refractivity contribution < 1.29 is 28.9 Å². The third kappa shape index (κ3) is 6.32. The number of likely N-dealkylation sites (tertiary alicyclic amines) is 1. The van der Waals surface area contributed by atoms with E-state index in [0.717, 1.165) is 18.7 Å². The van der Waals surface area contributed by atoms with Gasteiger partial charge in [0.2, 0.25) is 0 Å². The maximum Gasteiger partial charge on any atom is 0.295 e. The predicted octanol–water partition coefficient (Wildman–Crippen LogP) is 4.01. The summed E-state index contributed by atoms with van der Waals surface area (Å²) in [6.45, 7) is 11.6. The smallest absolute Gasteiger partial charge is 0.295 e. The van der Waals surface area contributed by atoms with Crippen molar-refractivity contribution in [2.45, 2.75) is 45.9 Å². The van der Waals surface area contributed by atoms with Crippen LogP contribution in [0.25, 0.3) is 5.76 Å². The Hall–Kier alpha value is -3.36. The first-order chi connectivity index (χ1) is 17.7. The number of ether oxygens (including phenoxy) is 3. The minimum Gasteiger partial charge on any atom is -0.507 e.